The topological polar surface area (TPSA) is 97.8 Å². The van der Waals surface area contributed by atoms with Crippen LogP contribution < -0.4 is 10.1 Å². The summed E-state index contributed by atoms with van der Waals surface area (Å²) >= 11 is 1.49. The van der Waals surface area contributed by atoms with E-state index < -0.39 is 10.0 Å². The third-order valence-corrected chi connectivity index (χ3v) is 8.10. The van der Waals surface area contributed by atoms with E-state index in [2.05, 4.69) is 10.3 Å². The first-order valence-electron chi connectivity index (χ1n) is 10.5. The summed E-state index contributed by atoms with van der Waals surface area (Å²) in [5.41, 5.74) is 2.50. The lowest BCUT2D eigenvalue weighted by atomic mass is 10.2. The normalized spacial score (nSPS) is 14.7. The van der Waals surface area contributed by atoms with Crippen molar-refractivity contribution in [2.45, 2.75) is 17.9 Å². The van der Waals surface area contributed by atoms with Crippen LogP contribution in [0.15, 0.2) is 58.8 Å². The minimum atomic E-state index is -3.52. The van der Waals surface area contributed by atoms with Gasteiger partial charge in [0.1, 0.15) is 10.8 Å². The summed E-state index contributed by atoms with van der Waals surface area (Å²) in [4.78, 5) is 17.2. The van der Waals surface area contributed by atoms with Gasteiger partial charge in [-0.15, -0.1) is 11.3 Å². The number of nitrogens with one attached hydrogen (secondary N) is 1. The van der Waals surface area contributed by atoms with Gasteiger partial charge in [0.25, 0.3) is 0 Å². The Balaban J connectivity index is 1.30. The molecule has 10 heteroatoms. The number of carbonyl (C=O) groups is 1. The van der Waals surface area contributed by atoms with E-state index in [1.807, 2.05) is 29.6 Å². The second kappa shape index (κ2) is 10.4. The first kappa shape index (κ1) is 23.4. The van der Waals surface area contributed by atoms with E-state index in [9.17, 15) is 13.2 Å². The SMILES string of the molecule is COc1ccc(-c2nc(CC(=O)NCc3ccc(S(=O)(=O)N4CCOCC4)cc3)cs2)cc1. The zero-order chi connectivity index (χ0) is 23.3. The highest BCUT2D eigenvalue weighted by Gasteiger charge is 2.26. The number of aromatic nitrogens is 1. The van der Waals surface area contributed by atoms with Gasteiger partial charge in [0.15, 0.2) is 0 Å². The molecular formula is C23H25N3O5S2. The monoisotopic (exact) mass is 487 g/mol. The first-order chi connectivity index (χ1) is 16.0. The molecule has 1 saturated heterocycles. The van der Waals surface area contributed by atoms with E-state index in [-0.39, 0.29) is 17.2 Å². The Morgan fingerprint density at radius 2 is 1.82 bits per heavy atom. The summed E-state index contributed by atoms with van der Waals surface area (Å²) in [5.74, 6) is 0.633. The van der Waals surface area contributed by atoms with E-state index >= 15 is 0 Å². The van der Waals surface area contributed by atoms with Gasteiger partial charge in [-0.1, -0.05) is 12.1 Å². The van der Waals surface area contributed by atoms with Crippen LogP contribution in [0.1, 0.15) is 11.3 Å². The van der Waals surface area contributed by atoms with Crippen molar-refractivity contribution >= 4 is 27.3 Å². The summed E-state index contributed by atoms with van der Waals surface area (Å²) in [7, 11) is -1.90. The minimum absolute atomic E-state index is 0.147. The quantitative estimate of drug-likeness (QED) is 0.525. The van der Waals surface area contributed by atoms with Gasteiger partial charge in [-0.05, 0) is 42.0 Å². The van der Waals surface area contributed by atoms with Crippen molar-refractivity contribution in [2.24, 2.45) is 0 Å². The molecule has 0 spiro atoms. The standard InChI is InChI=1S/C23H25N3O5S2/c1-30-20-6-4-18(5-7-20)23-25-19(16-32-23)14-22(27)24-15-17-2-8-21(9-3-17)33(28,29)26-10-12-31-13-11-26/h2-9,16H,10-15H2,1H3,(H,24,27). The van der Waals surface area contributed by atoms with Crippen LogP contribution >= 0.6 is 11.3 Å². The van der Waals surface area contributed by atoms with Crippen LogP contribution in [0.4, 0.5) is 0 Å². The van der Waals surface area contributed by atoms with Crippen LogP contribution in [-0.4, -0.2) is 57.0 Å². The summed E-state index contributed by atoms with van der Waals surface area (Å²) in [6.07, 6.45) is 0.177. The Morgan fingerprint density at radius 1 is 1.12 bits per heavy atom. The Morgan fingerprint density at radius 3 is 2.48 bits per heavy atom. The smallest absolute Gasteiger partial charge is 0.243 e. The van der Waals surface area contributed by atoms with Crippen molar-refractivity contribution in [3.05, 3.63) is 65.2 Å². The third kappa shape index (κ3) is 5.77. The lowest BCUT2D eigenvalue weighted by Gasteiger charge is -2.26. The number of thiazole rings is 1. The maximum absolute atomic E-state index is 12.7. The molecule has 1 N–H and O–H groups in total. The predicted molar refractivity (Wildman–Crippen MR) is 126 cm³/mol. The van der Waals surface area contributed by atoms with E-state index in [1.165, 1.54) is 15.6 Å². The lowest BCUT2D eigenvalue weighted by Crippen LogP contribution is -2.40. The van der Waals surface area contributed by atoms with E-state index in [1.54, 1.807) is 31.4 Å². The molecule has 0 atom stereocenters. The molecule has 1 aliphatic rings. The van der Waals surface area contributed by atoms with Crippen molar-refractivity contribution in [1.82, 2.24) is 14.6 Å². The van der Waals surface area contributed by atoms with E-state index in [0.717, 1.165) is 21.9 Å². The number of rotatable bonds is 8. The third-order valence-electron chi connectivity index (χ3n) is 5.25. The maximum Gasteiger partial charge on any atom is 0.243 e. The summed E-state index contributed by atoms with van der Waals surface area (Å²) < 4.78 is 37.2. The average molecular weight is 488 g/mol. The molecule has 33 heavy (non-hydrogen) atoms. The Labute approximate surface area is 197 Å². The highest BCUT2D eigenvalue weighted by molar-refractivity contribution is 7.89. The maximum atomic E-state index is 12.7. The number of ether oxygens (including phenoxy) is 2. The fourth-order valence-corrected chi connectivity index (χ4v) is 5.63. The molecule has 174 valence electrons. The van der Waals surface area contributed by atoms with Crippen molar-refractivity contribution in [3.8, 4) is 16.3 Å². The fraction of sp³-hybridized carbons (Fsp3) is 0.304. The Kier molecular flexibility index (Phi) is 7.39. The zero-order valence-corrected chi connectivity index (χ0v) is 19.8. The molecule has 0 bridgehead atoms. The molecule has 2 heterocycles. The number of amides is 1. The van der Waals surface area contributed by atoms with Crippen molar-refractivity contribution in [1.29, 1.82) is 0 Å². The minimum Gasteiger partial charge on any atom is -0.497 e. The molecule has 8 nitrogen and oxygen atoms in total. The van der Waals surface area contributed by atoms with Gasteiger partial charge in [0, 0.05) is 30.6 Å². The Bertz CT molecular complexity index is 1190. The average Bonchev–Trinajstić information content (AvgIpc) is 3.32. The van der Waals surface area contributed by atoms with Crippen LogP contribution in [0.2, 0.25) is 0 Å². The van der Waals surface area contributed by atoms with Crippen molar-refractivity contribution < 1.29 is 22.7 Å². The number of carbonyl (C=O) groups excluding carboxylic acids is 1. The molecule has 4 rings (SSSR count). The number of sulfonamides is 1. The molecule has 0 radical (unpaired) electrons. The largest absolute Gasteiger partial charge is 0.497 e. The van der Waals surface area contributed by atoms with Crippen LogP contribution in [0.25, 0.3) is 10.6 Å². The van der Waals surface area contributed by atoms with Gasteiger partial charge >= 0.3 is 0 Å². The van der Waals surface area contributed by atoms with Gasteiger partial charge in [-0.2, -0.15) is 4.31 Å². The summed E-state index contributed by atoms with van der Waals surface area (Å²) in [6, 6.07) is 14.2. The van der Waals surface area contributed by atoms with Gasteiger partial charge in [-0.25, -0.2) is 13.4 Å². The molecular weight excluding hydrogens is 462 g/mol. The zero-order valence-electron chi connectivity index (χ0n) is 18.2. The molecule has 0 saturated carbocycles. The number of nitrogens with zero attached hydrogens (tertiary/aromatic N) is 2. The lowest BCUT2D eigenvalue weighted by molar-refractivity contribution is -0.120. The number of hydrogen-bond donors (Lipinski definition) is 1. The van der Waals surface area contributed by atoms with E-state index in [4.69, 9.17) is 9.47 Å². The molecule has 0 unspecified atom stereocenters. The van der Waals surface area contributed by atoms with Crippen LogP contribution in [0.5, 0.6) is 5.75 Å². The molecule has 1 fully saturated rings. The molecule has 2 aromatic carbocycles. The second-order valence-electron chi connectivity index (χ2n) is 7.49. The highest BCUT2D eigenvalue weighted by Crippen LogP contribution is 2.26. The van der Waals surface area contributed by atoms with Gasteiger partial charge < -0.3 is 14.8 Å². The van der Waals surface area contributed by atoms with Crippen LogP contribution in [0, 0.1) is 0 Å². The Hall–Kier alpha value is -2.79. The predicted octanol–water partition coefficient (Wildman–Crippen LogP) is 2.70. The van der Waals surface area contributed by atoms with Gasteiger partial charge in [-0.3, -0.25) is 4.79 Å². The van der Waals surface area contributed by atoms with E-state index in [0.29, 0.717) is 38.5 Å². The van der Waals surface area contributed by atoms with Crippen molar-refractivity contribution in [2.75, 3.05) is 33.4 Å². The number of morpholine rings is 1. The highest BCUT2D eigenvalue weighted by atomic mass is 32.2. The van der Waals surface area contributed by atoms with Crippen molar-refractivity contribution in [3.63, 3.8) is 0 Å². The van der Waals surface area contributed by atoms with Crippen LogP contribution in [0.3, 0.4) is 0 Å². The molecule has 3 aromatic rings. The van der Waals surface area contributed by atoms with Crippen LogP contribution in [-0.2, 0) is 32.5 Å². The summed E-state index contributed by atoms with van der Waals surface area (Å²) in [5, 5.41) is 5.59. The summed E-state index contributed by atoms with van der Waals surface area (Å²) in [6.45, 7) is 1.84. The van der Waals surface area contributed by atoms with Gasteiger partial charge in [0.2, 0.25) is 15.9 Å². The molecule has 1 amide bonds. The first-order valence-corrected chi connectivity index (χ1v) is 12.8. The second-order valence-corrected chi connectivity index (χ2v) is 10.3. The molecule has 0 aliphatic carbocycles. The number of benzene rings is 2. The number of methoxy groups -OCH3 is 1. The number of hydrogen-bond acceptors (Lipinski definition) is 7. The fourth-order valence-electron chi connectivity index (χ4n) is 3.40. The molecule has 1 aliphatic heterocycles. The van der Waals surface area contributed by atoms with Gasteiger partial charge in [0.05, 0.1) is 37.3 Å². The molecule has 1 aromatic heterocycles.